The molecule has 0 unspecified atom stereocenters. The molecule has 0 bridgehead atoms. The van der Waals surface area contributed by atoms with Crippen molar-refractivity contribution in [3.63, 3.8) is 0 Å². The van der Waals surface area contributed by atoms with E-state index in [1.807, 2.05) is 6.07 Å². The normalized spacial score (nSPS) is 10.2. The smallest absolute Gasteiger partial charge is 0.341 e. The molecule has 0 aliphatic rings. The summed E-state index contributed by atoms with van der Waals surface area (Å²) in [5, 5.41) is 0.905. The SMILES string of the molecule is COC(=O)c1cncc2cc[nH]c12. The number of hydrogen-bond donors (Lipinski definition) is 1. The number of aromatic nitrogens is 2. The fraction of sp³-hybridized carbons (Fsp3) is 0.111. The number of fused-ring (bicyclic) bond motifs is 1. The molecule has 0 aliphatic heterocycles. The molecule has 2 aromatic rings. The number of esters is 1. The van der Waals surface area contributed by atoms with E-state index in [2.05, 4.69) is 14.7 Å². The number of hydrogen-bond acceptors (Lipinski definition) is 3. The third-order valence-electron chi connectivity index (χ3n) is 1.87. The number of rotatable bonds is 1. The van der Waals surface area contributed by atoms with Gasteiger partial charge < -0.3 is 9.72 Å². The minimum Gasteiger partial charge on any atom is -0.465 e. The molecular formula is C9H8N2O2. The van der Waals surface area contributed by atoms with E-state index in [9.17, 15) is 4.79 Å². The molecule has 0 spiro atoms. The molecule has 2 heterocycles. The quantitative estimate of drug-likeness (QED) is 0.667. The van der Waals surface area contributed by atoms with Crippen molar-refractivity contribution < 1.29 is 9.53 Å². The fourth-order valence-corrected chi connectivity index (χ4v) is 1.24. The van der Waals surface area contributed by atoms with Crippen molar-refractivity contribution in [2.75, 3.05) is 7.11 Å². The summed E-state index contributed by atoms with van der Waals surface area (Å²) in [5.74, 6) is -0.374. The van der Waals surface area contributed by atoms with Crippen LogP contribution in [0, 0.1) is 0 Å². The van der Waals surface area contributed by atoms with Crippen molar-refractivity contribution in [1.82, 2.24) is 9.97 Å². The summed E-state index contributed by atoms with van der Waals surface area (Å²) in [6, 6.07) is 1.86. The van der Waals surface area contributed by atoms with Gasteiger partial charge in [0.2, 0.25) is 0 Å². The molecule has 0 atom stereocenters. The van der Waals surface area contributed by atoms with Crippen molar-refractivity contribution in [2.45, 2.75) is 0 Å². The van der Waals surface area contributed by atoms with Crippen LogP contribution >= 0.6 is 0 Å². The minimum absolute atomic E-state index is 0.374. The first-order valence-electron chi connectivity index (χ1n) is 3.82. The van der Waals surface area contributed by atoms with Crippen LogP contribution in [0.1, 0.15) is 10.4 Å². The van der Waals surface area contributed by atoms with Gasteiger partial charge in [-0.2, -0.15) is 0 Å². The number of aromatic amines is 1. The summed E-state index contributed by atoms with van der Waals surface area (Å²) < 4.78 is 4.61. The standard InChI is InChI=1S/C9H8N2O2/c1-13-9(12)7-5-10-4-6-2-3-11-8(6)7/h2-5,11H,1H3. The zero-order chi connectivity index (χ0) is 9.26. The second kappa shape index (κ2) is 2.90. The van der Waals surface area contributed by atoms with Crippen molar-refractivity contribution in [1.29, 1.82) is 0 Å². The number of carbonyl (C=O) groups is 1. The molecule has 0 saturated carbocycles. The highest BCUT2D eigenvalue weighted by molar-refractivity contribution is 6.02. The molecule has 13 heavy (non-hydrogen) atoms. The Morgan fingerprint density at radius 1 is 1.54 bits per heavy atom. The van der Waals surface area contributed by atoms with E-state index in [1.54, 1.807) is 12.4 Å². The van der Waals surface area contributed by atoms with Gasteiger partial charge in [0.15, 0.2) is 0 Å². The van der Waals surface area contributed by atoms with Crippen LogP contribution in [-0.4, -0.2) is 23.0 Å². The van der Waals surface area contributed by atoms with Gasteiger partial charge in [-0.05, 0) is 6.07 Å². The van der Waals surface area contributed by atoms with Gasteiger partial charge in [-0.15, -0.1) is 0 Å². The van der Waals surface area contributed by atoms with Gasteiger partial charge in [0.1, 0.15) is 5.56 Å². The van der Waals surface area contributed by atoms with E-state index in [0.29, 0.717) is 5.56 Å². The van der Waals surface area contributed by atoms with Gasteiger partial charge in [-0.1, -0.05) is 0 Å². The number of carbonyl (C=O) groups excluding carboxylic acids is 1. The van der Waals surface area contributed by atoms with E-state index in [0.717, 1.165) is 10.9 Å². The predicted octanol–water partition coefficient (Wildman–Crippen LogP) is 1.35. The summed E-state index contributed by atoms with van der Waals surface area (Å²) >= 11 is 0. The molecule has 0 saturated heterocycles. The highest BCUT2D eigenvalue weighted by atomic mass is 16.5. The zero-order valence-corrected chi connectivity index (χ0v) is 7.07. The number of nitrogens with one attached hydrogen (secondary N) is 1. The van der Waals surface area contributed by atoms with Crippen LogP contribution in [0.25, 0.3) is 10.9 Å². The number of methoxy groups -OCH3 is 1. The Bertz CT molecular complexity index is 448. The first-order valence-corrected chi connectivity index (χ1v) is 3.82. The van der Waals surface area contributed by atoms with E-state index in [4.69, 9.17) is 0 Å². The number of nitrogens with zero attached hydrogens (tertiary/aromatic N) is 1. The van der Waals surface area contributed by atoms with Crippen LogP contribution in [0.15, 0.2) is 24.7 Å². The summed E-state index contributed by atoms with van der Waals surface area (Å²) in [7, 11) is 1.35. The lowest BCUT2D eigenvalue weighted by atomic mass is 10.2. The van der Waals surface area contributed by atoms with Crippen LogP contribution in [-0.2, 0) is 4.74 Å². The third-order valence-corrected chi connectivity index (χ3v) is 1.87. The lowest BCUT2D eigenvalue weighted by Crippen LogP contribution is -2.02. The van der Waals surface area contributed by atoms with Gasteiger partial charge in [-0.25, -0.2) is 4.79 Å². The topological polar surface area (TPSA) is 55.0 Å². The van der Waals surface area contributed by atoms with Gasteiger partial charge in [-0.3, -0.25) is 4.98 Å². The average molecular weight is 176 g/mol. The van der Waals surface area contributed by atoms with E-state index in [1.165, 1.54) is 13.3 Å². The molecule has 2 aromatic heterocycles. The second-order valence-corrected chi connectivity index (χ2v) is 2.62. The predicted molar refractivity (Wildman–Crippen MR) is 47.4 cm³/mol. The molecule has 1 N–H and O–H groups in total. The highest BCUT2D eigenvalue weighted by Crippen LogP contribution is 2.15. The third kappa shape index (κ3) is 1.16. The van der Waals surface area contributed by atoms with E-state index >= 15 is 0 Å². The van der Waals surface area contributed by atoms with Crippen LogP contribution in [0.4, 0.5) is 0 Å². The molecule has 0 aliphatic carbocycles. The van der Waals surface area contributed by atoms with Gasteiger partial charge in [0, 0.05) is 24.0 Å². The maximum Gasteiger partial charge on any atom is 0.341 e. The summed E-state index contributed by atoms with van der Waals surface area (Å²) in [5.41, 5.74) is 1.23. The van der Waals surface area contributed by atoms with Crippen LogP contribution in [0.2, 0.25) is 0 Å². The van der Waals surface area contributed by atoms with Gasteiger partial charge in [0.25, 0.3) is 0 Å². The molecule has 0 amide bonds. The monoisotopic (exact) mass is 176 g/mol. The average Bonchev–Trinajstić information content (AvgIpc) is 2.63. The number of pyridine rings is 1. The summed E-state index contributed by atoms with van der Waals surface area (Å²) in [4.78, 5) is 18.1. The fourth-order valence-electron chi connectivity index (χ4n) is 1.24. The molecule has 0 fully saturated rings. The molecule has 4 heteroatoms. The Labute approximate surface area is 74.5 Å². The van der Waals surface area contributed by atoms with Crippen LogP contribution in [0.3, 0.4) is 0 Å². The largest absolute Gasteiger partial charge is 0.465 e. The van der Waals surface area contributed by atoms with Crippen molar-refractivity contribution >= 4 is 16.9 Å². The molecule has 0 radical (unpaired) electrons. The molecule has 0 aromatic carbocycles. The zero-order valence-electron chi connectivity index (χ0n) is 7.07. The number of H-pyrrole nitrogens is 1. The second-order valence-electron chi connectivity index (χ2n) is 2.62. The Kier molecular flexibility index (Phi) is 1.73. The van der Waals surface area contributed by atoms with Gasteiger partial charge >= 0.3 is 5.97 Å². The molecule has 2 rings (SSSR count). The molecule has 66 valence electrons. The van der Waals surface area contributed by atoms with Crippen LogP contribution < -0.4 is 0 Å². The van der Waals surface area contributed by atoms with Crippen LogP contribution in [0.5, 0.6) is 0 Å². The minimum atomic E-state index is -0.374. The molecular weight excluding hydrogens is 168 g/mol. The number of ether oxygens (including phenoxy) is 1. The Morgan fingerprint density at radius 3 is 3.15 bits per heavy atom. The lowest BCUT2D eigenvalue weighted by molar-refractivity contribution is 0.0602. The Morgan fingerprint density at radius 2 is 2.38 bits per heavy atom. The Balaban J connectivity index is 2.67. The van der Waals surface area contributed by atoms with Crippen molar-refractivity contribution in [3.8, 4) is 0 Å². The maximum absolute atomic E-state index is 11.2. The lowest BCUT2D eigenvalue weighted by Gasteiger charge is -1.99. The van der Waals surface area contributed by atoms with Gasteiger partial charge in [0.05, 0.1) is 12.6 Å². The first-order chi connectivity index (χ1) is 6.33. The van der Waals surface area contributed by atoms with E-state index in [-0.39, 0.29) is 5.97 Å². The Hall–Kier alpha value is -1.84. The molecule has 4 nitrogen and oxygen atoms in total. The highest BCUT2D eigenvalue weighted by Gasteiger charge is 2.10. The maximum atomic E-state index is 11.2. The van der Waals surface area contributed by atoms with Crippen molar-refractivity contribution in [2.24, 2.45) is 0 Å². The summed E-state index contributed by atoms with van der Waals surface area (Å²) in [6.07, 6.45) is 4.95. The van der Waals surface area contributed by atoms with Crippen molar-refractivity contribution in [3.05, 3.63) is 30.2 Å². The summed E-state index contributed by atoms with van der Waals surface area (Å²) in [6.45, 7) is 0. The first kappa shape index (κ1) is 7.79. The van der Waals surface area contributed by atoms with E-state index < -0.39 is 0 Å².